The minimum Gasteiger partial charge on any atom is -0.394 e. The molecule has 4 heteroatoms. The number of ether oxygens (including phenoxy) is 2. The van der Waals surface area contributed by atoms with Crippen LogP contribution in [0.1, 0.15) is 44.9 Å². The molecule has 0 aromatic heterocycles. The fourth-order valence-electron chi connectivity index (χ4n) is 3.16. The van der Waals surface area contributed by atoms with Crippen LogP contribution in [0.5, 0.6) is 0 Å². The topological polar surface area (TPSA) is 50.7 Å². The number of hydrogen-bond acceptors (Lipinski definition) is 4. The predicted molar refractivity (Wildman–Crippen MR) is 70.7 cm³/mol. The number of aliphatic hydroxyl groups excluding tert-OH is 1. The van der Waals surface area contributed by atoms with E-state index < -0.39 is 0 Å². The summed E-state index contributed by atoms with van der Waals surface area (Å²) in [5, 5.41) is 12.0. The molecule has 1 atom stereocenters. The highest BCUT2D eigenvalue weighted by atomic mass is 16.5. The van der Waals surface area contributed by atoms with Gasteiger partial charge in [0.25, 0.3) is 0 Å². The quantitative estimate of drug-likeness (QED) is 0.647. The third-order valence-electron chi connectivity index (χ3n) is 4.10. The monoisotopic (exact) mass is 257 g/mol. The van der Waals surface area contributed by atoms with Crippen LogP contribution in [0.25, 0.3) is 0 Å². The second kappa shape index (κ2) is 7.43. The fraction of sp³-hybridized carbons (Fsp3) is 1.00. The lowest BCUT2D eigenvalue weighted by Gasteiger charge is -2.23. The molecule has 4 nitrogen and oxygen atoms in total. The summed E-state index contributed by atoms with van der Waals surface area (Å²) in [4.78, 5) is 0. The largest absolute Gasteiger partial charge is 0.394 e. The Morgan fingerprint density at radius 3 is 2.83 bits per heavy atom. The molecular weight excluding hydrogens is 230 g/mol. The predicted octanol–water partition coefficient (Wildman–Crippen LogP) is 1.47. The van der Waals surface area contributed by atoms with Gasteiger partial charge in [-0.15, -0.1) is 0 Å². The molecule has 2 N–H and O–H groups in total. The maximum absolute atomic E-state index is 8.56. The van der Waals surface area contributed by atoms with Crippen molar-refractivity contribution in [2.75, 3.05) is 32.9 Å². The Morgan fingerprint density at radius 1 is 1.22 bits per heavy atom. The lowest BCUT2D eigenvalue weighted by atomic mass is 9.98. The van der Waals surface area contributed by atoms with Crippen molar-refractivity contribution < 1.29 is 14.6 Å². The second-order valence-electron chi connectivity index (χ2n) is 5.56. The molecule has 18 heavy (non-hydrogen) atoms. The van der Waals surface area contributed by atoms with Crippen molar-refractivity contribution >= 4 is 0 Å². The second-order valence-corrected chi connectivity index (χ2v) is 5.56. The Hall–Kier alpha value is -0.160. The highest BCUT2D eigenvalue weighted by Gasteiger charge is 2.41. The first-order valence-electron chi connectivity index (χ1n) is 7.42. The first-order chi connectivity index (χ1) is 8.85. The van der Waals surface area contributed by atoms with Crippen molar-refractivity contribution in [3.8, 4) is 0 Å². The maximum atomic E-state index is 8.56. The normalized spacial score (nSPS) is 26.2. The van der Waals surface area contributed by atoms with E-state index in [2.05, 4.69) is 5.32 Å². The van der Waals surface area contributed by atoms with Crippen molar-refractivity contribution in [3.63, 3.8) is 0 Å². The zero-order chi connectivity index (χ0) is 12.7. The van der Waals surface area contributed by atoms with Gasteiger partial charge in [-0.2, -0.15) is 0 Å². The Bertz CT molecular complexity index is 229. The van der Waals surface area contributed by atoms with Gasteiger partial charge in [0, 0.05) is 13.2 Å². The molecule has 0 amide bonds. The fourth-order valence-corrected chi connectivity index (χ4v) is 3.16. The average Bonchev–Trinajstić information content (AvgIpc) is 3.00. The molecule has 2 rings (SSSR count). The third kappa shape index (κ3) is 4.19. The van der Waals surface area contributed by atoms with Crippen LogP contribution in [0.2, 0.25) is 0 Å². The van der Waals surface area contributed by atoms with Gasteiger partial charge in [0.05, 0.1) is 24.9 Å². The number of aliphatic hydroxyl groups is 1. The Balaban J connectivity index is 1.48. The van der Waals surface area contributed by atoms with E-state index in [9.17, 15) is 0 Å². The number of hydrogen-bond donors (Lipinski definition) is 2. The van der Waals surface area contributed by atoms with E-state index in [1.807, 2.05) is 0 Å². The SMILES string of the molecule is OCCOCCCNCC1CCC2(CCCC2)O1. The van der Waals surface area contributed by atoms with Crippen molar-refractivity contribution in [2.45, 2.75) is 56.7 Å². The summed E-state index contributed by atoms with van der Waals surface area (Å²) in [6.45, 7) is 3.24. The molecule has 1 heterocycles. The first-order valence-corrected chi connectivity index (χ1v) is 7.42. The smallest absolute Gasteiger partial charge is 0.0708 e. The van der Waals surface area contributed by atoms with Crippen molar-refractivity contribution in [1.29, 1.82) is 0 Å². The molecule has 1 spiro atoms. The Labute approximate surface area is 110 Å². The van der Waals surface area contributed by atoms with Crippen molar-refractivity contribution in [3.05, 3.63) is 0 Å². The molecule has 0 radical (unpaired) electrons. The molecule has 106 valence electrons. The molecule has 2 aliphatic rings. The van der Waals surface area contributed by atoms with Crippen LogP contribution in [0.4, 0.5) is 0 Å². The minimum absolute atomic E-state index is 0.116. The molecule has 1 saturated heterocycles. The molecule has 0 bridgehead atoms. The standard InChI is InChI=1S/C14H27NO3/c16-9-11-17-10-3-8-15-12-13-4-7-14(18-13)5-1-2-6-14/h13,15-16H,1-12H2. The summed E-state index contributed by atoms with van der Waals surface area (Å²) in [5.74, 6) is 0. The molecule has 0 aromatic rings. The van der Waals surface area contributed by atoms with E-state index in [1.165, 1.54) is 38.5 Å². The molecule has 1 unspecified atom stereocenters. The van der Waals surface area contributed by atoms with Crippen LogP contribution in [0.3, 0.4) is 0 Å². The third-order valence-corrected chi connectivity index (χ3v) is 4.10. The van der Waals surface area contributed by atoms with Gasteiger partial charge in [-0.3, -0.25) is 0 Å². The van der Waals surface area contributed by atoms with Gasteiger partial charge in [0.1, 0.15) is 0 Å². The highest BCUT2D eigenvalue weighted by Crippen LogP contribution is 2.43. The van der Waals surface area contributed by atoms with E-state index in [-0.39, 0.29) is 12.2 Å². The van der Waals surface area contributed by atoms with Crippen LogP contribution in [0.15, 0.2) is 0 Å². The van der Waals surface area contributed by atoms with Crippen LogP contribution >= 0.6 is 0 Å². The number of rotatable bonds is 8. The average molecular weight is 257 g/mol. The zero-order valence-corrected chi connectivity index (χ0v) is 11.3. The zero-order valence-electron chi connectivity index (χ0n) is 11.3. The summed E-state index contributed by atoms with van der Waals surface area (Å²) >= 11 is 0. The van der Waals surface area contributed by atoms with Gasteiger partial charge in [-0.1, -0.05) is 12.8 Å². The lowest BCUT2D eigenvalue weighted by Crippen LogP contribution is -2.31. The Kier molecular flexibility index (Phi) is 5.89. The molecule has 1 aliphatic carbocycles. The van der Waals surface area contributed by atoms with Gasteiger partial charge in [0.15, 0.2) is 0 Å². The first kappa shape index (κ1) is 14.3. The van der Waals surface area contributed by atoms with Crippen LogP contribution in [-0.4, -0.2) is 49.7 Å². The van der Waals surface area contributed by atoms with Crippen molar-refractivity contribution in [2.24, 2.45) is 0 Å². The van der Waals surface area contributed by atoms with Gasteiger partial charge in [0.2, 0.25) is 0 Å². The Morgan fingerprint density at radius 2 is 2.06 bits per heavy atom. The van der Waals surface area contributed by atoms with E-state index in [1.54, 1.807) is 0 Å². The molecular formula is C14H27NO3. The van der Waals surface area contributed by atoms with Gasteiger partial charge in [-0.25, -0.2) is 0 Å². The van der Waals surface area contributed by atoms with Gasteiger partial charge >= 0.3 is 0 Å². The highest BCUT2D eigenvalue weighted by molar-refractivity contribution is 4.93. The number of nitrogens with one attached hydrogen (secondary N) is 1. The lowest BCUT2D eigenvalue weighted by molar-refractivity contribution is -0.0351. The summed E-state index contributed by atoms with van der Waals surface area (Å²) < 4.78 is 11.4. The molecule has 1 saturated carbocycles. The molecule has 1 aliphatic heterocycles. The summed E-state index contributed by atoms with van der Waals surface area (Å²) in [7, 11) is 0. The van der Waals surface area contributed by atoms with Crippen molar-refractivity contribution in [1.82, 2.24) is 5.32 Å². The van der Waals surface area contributed by atoms with Gasteiger partial charge in [-0.05, 0) is 38.6 Å². The van der Waals surface area contributed by atoms with Crippen LogP contribution in [0, 0.1) is 0 Å². The van der Waals surface area contributed by atoms with Gasteiger partial charge < -0.3 is 19.9 Å². The van der Waals surface area contributed by atoms with E-state index in [0.29, 0.717) is 12.7 Å². The van der Waals surface area contributed by atoms with E-state index in [4.69, 9.17) is 14.6 Å². The van der Waals surface area contributed by atoms with Crippen LogP contribution < -0.4 is 5.32 Å². The minimum atomic E-state index is 0.116. The summed E-state index contributed by atoms with van der Waals surface area (Å²) in [5.41, 5.74) is 0.260. The molecule has 2 fully saturated rings. The maximum Gasteiger partial charge on any atom is 0.0708 e. The summed E-state index contributed by atoms with van der Waals surface area (Å²) in [6.07, 6.45) is 9.15. The van der Waals surface area contributed by atoms with Crippen LogP contribution in [-0.2, 0) is 9.47 Å². The van der Waals surface area contributed by atoms with E-state index >= 15 is 0 Å². The molecule has 0 aromatic carbocycles. The van der Waals surface area contributed by atoms with E-state index in [0.717, 1.165) is 26.1 Å². The summed E-state index contributed by atoms with van der Waals surface area (Å²) in [6, 6.07) is 0.